The van der Waals surface area contributed by atoms with Crippen molar-refractivity contribution in [2.45, 2.75) is 45.1 Å². The maximum absolute atomic E-state index is 13.4. The number of hydrogen-bond acceptors (Lipinski definition) is 1. The van der Waals surface area contributed by atoms with E-state index < -0.39 is 30.2 Å². The van der Waals surface area contributed by atoms with Crippen LogP contribution in [0.15, 0.2) is 0 Å². The first-order chi connectivity index (χ1) is 6.73. The van der Waals surface area contributed by atoms with Crippen LogP contribution in [-0.4, -0.2) is 18.4 Å². The van der Waals surface area contributed by atoms with E-state index in [-0.39, 0.29) is 18.8 Å². The van der Waals surface area contributed by atoms with Gasteiger partial charge in [0, 0.05) is 6.04 Å². The van der Waals surface area contributed by atoms with Gasteiger partial charge in [-0.05, 0) is 24.7 Å². The van der Waals surface area contributed by atoms with Gasteiger partial charge in [0.2, 0.25) is 0 Å². The van der Waals surface area contributed by atoms with Gasteiger partial charge in [-0.2, -0.15) is 13.2 Å². The van der Waals surface area contributed by atoms with Gasteiger partial charge in [0.05, 0.1) is 5.92 Å². The molecule has 0 aromatic carbocycles. The SMILES string of the molecule is CC(C)C1CC(N)CC(F)C1C(F)(F)F. The second kappa shape index (κ2) is 4.28. The summed E-state index contributed by atoms with van der Waals surface area (Å²) in [6.07, 6.45) is -6.20. The summed E-state index contributed by atoms with van der Waals surface area (Å²) in [5.74, 6) is -2.72. The third-order valence-corrected chi connectivity index (χ3v) is 3.19. The van der Waals surface area contributed by atoms with Crippen LogP contribution in [0.4, 0.5) is 17.6 Å². The zero-order valence-corrected chi connectivity index (χ0v) is 8.89. The molecule has 0 heterocycles. The summed E-state index contributed by atoms with van der Waals surface area (Å²) < 4.78 is 51.4. The largest absolute Gasteiger partial charge is 0.394 e. The molecule has 15 heavy (non-hydrogen) atoms. The Morgan fingerprint density at radius 1 is 1.20 bits per heavy atom. The highest BCUT2D eigenvalue weighted by Crippen LogP contribution is 2.45. The molecule has 0 amide bonds. The van der Waals surface area contributed by atoms with Crippen molar-refractivity contribution in [2.75, 3.05) is 0 Å². The van der Waals surface area contributed by atoms with E-state index in [2.05, 4.69) is 0 Å². The molecule has 0 aliphatic heterocycles. The van der Waals surface area contributed by atoms with Crippen molar-refractivity contribution < 1.29 is 17.6 Å². The maximum atomic E-state index is 13.4. The lowest BCUT2D eigenvalue weighted by molar-refractivity contribution is -0.219. The van der Waals surface area contributed by atoms with E-state index in [0.717, 1.165) is 0 Å². The standard InChI is InChI=1S/C10H17F4N/c1-5(2)7-3-6(15)4-8(11)9(7)10(12,13)14/h5-9H,3-4,15H2,1-2H3. The molecular formula is C10H17F4N. The van der Waals surface area contributed by atoms with E-state index in [1.165, 1.54) is 0 Å². The van der Waals surface area contributed by atoms with Crippen molar-refractivity contribution in [1.29, 1.82) is 0 Å². The lowest BCUT2D eigenvalue weighted by Gasteiger charge is -2.40. The normalized spacial score (nSPS) is 38.4. The van der Waals surface area contributed by atoms with Crippen LogP contribution in [0.3, 0.4) is 0 Å². The predicted octanol–water partition coefficient (Wildman–Crippen LogP) is 2.90. The summed E-state index contributed by atoms with van der Waals surface area (Å²) in [5, 5.41) is 0. The van der Waals surface area contributed by atoms with Gasteiger partial charge in [-0.25, -0.2) is 4.39 Å². The number of alkyl halides is 4. The van der Waals surface area contributed by atoms with Crippen LogP contribution in [0.1, 0.15) is 26.7 Å². The Balaban J connectivity index is 2.88. The zero-order chi connectivity index (χ0) is 11.8. The van der Waals surface area contributed by atoms with Crippen molar-refractivity contribution in [3.63, 3.8) is 0 Å². The third kappa shape index (κ3) is 2.83. The lowest BCUT2D eigenvalue weighted by Crippen LogP contribution is -2.48. The molecule has 0 radical (unpaired) electrons. The molecule has 1 saturated carbocycles. The first-order valence-corrected chi connectivity index (χ1v) is 5.19. The molecule has 0 aromatic heterocycles. The molecule has 2 N–H and O–H groups in total. The molecule has 4 unspecified atom stereocenters. The maximum Gasteiger partial charge on any atom is 0.394 e. The van der Waals surface area contributed by atoms with E-state index >= 15 is 0 Å². The average molecular weight is 227 g/mol. The van der Waals surface area contributed by atoms with Crippen molar-refractivity contribution in [2.24, 2.45) is 23.5 Å². The van der Waals surface area contributed by atoms with Crippen LogP contribution in [0.2, 0.25) is 0 Å². The molecular weight excluding hydrogens is 210 g/mol. The topological polar surface area (TPSA) is 26.0 Å². The van der Waals surface area contributed by atoms with Gasteiger partial charge in [0.15, 0.2) is 0 Å². The number of rotatable bonds is 1. The van der Waals surface area contributed by atoms with Gasteiger partial charge in [0.1, 0.15) is 6.17 Å². The summed E-state index contributed by atoms with van der Waals surface area (Å²) in [4.78, 5) is 0. The van der Waals surface area contributed by atoms with Gasteiger partial charge in [-0.3, -0.25) is 0 Å². The van der Waals surface area contributed by atoms with Crippen LogP contribution >= 0.6 is 0 Å². The van der Waals surface area contributed by atoms with Crippen LogP contribution in [0, 0.1) is 17.8 Å². The average Bonchev–Trinajstić information content (AvgIpc) is 1.99. The Morgan fingerprint density at radius 3 is 2.13 bits per heavy atom. The van der Waals surface area contributed by atoms with Gasteiger partial charge >= 0.3 is 6.18 Å². The zero-order valence-electron chi connectivity index (χ0n) is 8.89. The molecule has 1 rings (SSSR count). The minimum Gasteiger partial charge on any atom is -0.328 e. The van der Waals surface area contributed by atoms with Crippen LogP contribution in [-0.2, 0) is 0 Å². The highest BCUT2D eigenvalue weighted by molar-refractivity contribution is 4.92. The molecule has 1 aliphatic carbocycles. The molecule has 4 atom stereocenters. The van der Waals surface area contributed by atoms with Crippen molar-refractivity contribution in [3.05, 3.63) is 0 Å². The number of hydrogen-bond donors (Lipinski definition) is 1. The molecule has 1 nitrogen and oxygen atoms in total. The second-order valence-electron chi connectivity index (χ2n) is 4.72. The minimum absolute atomic E-state index is 0.173. The molecule has 0 bridgehead atoms. The van der Waals surface area contributed by atoms with E-state index in [0.29, 0.717) is 0 Å². The summed E-state index contributed by atoms with van der Waals surface area (Å²) in [5.41, 5.74) is 5.55. The quantitative estimate of drug-likeness (QED) is 0.685. The van der Waals surface area contributed by atoms with E-state index in [4.69, 9.17) is 5.73 Å². The van der Waals surface area contributed by atoms with Gasteiger partial charge in [-0.15, -0.1) is 0 Å². The first kappa shape index (κ1) is 12.7. The molecule has 0 spiro atoms. The fourth-order valence-electron chi connectivity index (χ4n) is 2.43. The Kier molecular flexibility index (Phi) is 3.63. The molecule has 5 heteroatoms. The molecule has 1 aliphatic rings. The van der Waals surface area contributed by atoms with Crippen LogP contribution in [0.25, 0.3) is 0 Å². The number of nitrogens with two attached hydrogens (primary N) is 1. The monoisotopic (exact) mass is 227 g/mol. The van der Waals surface area contributed by atoms with Crippen molar-refractivity contribution >= 4 is 0 Å². The van der Waals surface area contributed by atoms with E-state index in [1.807, 2.05) is 0 Å². The van der Waals surface area contributed by atoms with Crippen molar-refractivity contribution in [3.8, 4) is 0 Å². The Bertz CT molecular complexity index is 214. The Morgan fingerprint density at radius 2 is 1.73 bits per heavy atom. The fraction of sp³-hybridized carbons (Fsp3) is 1.00. The highest BCUT2D eigenvalue weighted by Gasteiger charge is 2.53. The Labute approximate surface area is 87.0 Å². The predicted molar refractivity (Wildman–Crippen MR) is 50.0 cm³/mol. The van der Waals surface area contributed by atoms with Gasteiger partial charge in [-0.1, -0.05) is 13.8 Å². The lowest BCUT2D eigenvalue weighted by atomic mass is 9.70. The van der Waals surface area contributed by atoms with Crippen LogP contribution < -0.4 is 5.73 Å². The highest BCUT2D eigenvalue weighted by atomic mass is 19.4. The summed E-state index contributed by atoms with van der Waals surface area (Å²) in [7, 11) is 0. The van der Waals surface area contributed by atoms with Crippen LogP contribution in [0.5, 0.6) is 0 Å². The van der Waals surface area contributed by atoms with E-state index in [9.17, 15) is 17.6 Å². The molecule has 1 fully saturated rings. The minimum atomic E-state index is -4.45. The summed E-state index contributed by atoms with van der Waals surface area (Å²) >= 11 is 0. The molecule has 90 valence electrons. The van der Waals surface area contributed by atoms with Crippen molar-refractivity contribution in [1.82, 2.24) is 0 Å². The number of halogens is 4. The molecule has 0 aromatic rings. The van der Waals surface area contributed by atoms with Gasteiger partial charge < -0.3 is 5.73 Å². The summed E-state index contributed by atoms with van der Waals surface area (Å²) in [6.45, 7) is 3.38. The van der Waals surface area contributed by atoms with Gasteiger partial charge in [0.25, 0.3) is 0 Å². The van der Waals surface area contributed by atoms with E-state index in [1.54, 1.807) is 13.8 Å². The summed E-state index contributed by atoms with van der Waals surface area (Å²) in [6, 6.07) is -0.439. The Hall–Kier alpha value is -0.320. The third-order valence-electron chi connectivity index (χ3n) is 3.19. The smallest absolute Gasteiger partial charge is 0.328 e. The first-order valence-electron chi connectivity index (χ1n) is 5.19. The second-order valence-corrected chi connectivity index (χ2v) is 4.72. The fourth-order valence-corrected chi connectivity index (χ4v) is 2.43. The molecule has 0 saturated heterocycles.